The first-order valence-electron chi connectivity index (χ1n) is 6.44. The second-order valence-electron chi connectivity index (χ2n) is 4.72. The van der Waals surface area contributed by atoms with Crippen molar-refractivity contribution in [3.63, 3.8) is 0 Å². The number of aromatic nitrogens is 1. The van der Waals surface area contributed by atoms with Crippen LogP contribution in [0.15, 0.2) is 23.2 Å². The van der Waals surface area contributed by atoms with Crippen molar-refractivity contribution in [2.45, 2.75) is 30.7 Å². The lowest BCUT2D eigenvalue weighted by atomic mass is 10.2. The van der Waals surface area contributed by atoms with Crippen molar-refractivity contribution in [2.24, 2.45) is 5.14 Å². The third-order valence-electron chi connectivity index (χ3n) is 3.26. The van der Waals surface area contributed by atoms with Crippen LogP contribution in [0.2, 0.25) is 0 Å². The third kappa shape index (κ3) is 3.26. The van der Waals surface area contributed by atoms with Gasteiger partial charge in [-0.25, -0.2) is 18.5 Å². The van der Waals surface area contributed by atoms with Crippen LogP contribution in [0.4, 0.5) is 5.82 Å². The molecule has 0 spiro atoms. The standard InChI is InChI=1S/C12H18N4O3S/c1-2-11(17)16-7-5-9(8-16)15-12-10(20(13,18)19)4-3-6-14-12/h3-4,6,9H,2,5,7-8H2,1H3,(H,14,15)(H2,13,18,19). The minimum absolute atomic E-state index is 0.0131. The summed E-state index contributed by atoms with van der Waals surface area (Å²) >= 11 is 0. The monoisotopic (exact) mass is 298 g/mol. The number of primary sulfonamides is 1. The van der Waals surface area contributed by atoms with Crippen molar-refractivity contribution in [3.8, 4) is 0 Å². The predicted octanol–water partition coefficient (Wildman–Crippen LogP) is 0.152. The van der Waals surface area contributed by atoms with Crippen molar-refractivity contribution in [2.75, 3.05) is 18.4 Å². The third-order valence-corrected chi connectivity index (χ3v) is 4.20. The molecule has 1 aliphatic rings. The van der Waals surface area contributed by atoms with Crippen molar-refractivity contribution in [1.29, 1.82) is 0 Å². The molecule has 2 rings (SSSR count). The topological polar surface area (TPSA) is 105 Å². The van der Waals surface area contributed by atoms with Gasteiger partial charge < -0.3 is 10.2 Å². The molecule has 1 atom stereocenters. The van der Waals surface area contributed by atoms with E-state index in [-0.39, 0.29) is 22.7 Å². The molecule has 1 aromatic rings. The van der Waals surface area contributed by atoms with Gasteiger partial charge in [0.1, 0.15) is 10.7 Å². The second kappa shape index (κ2) is 5.76. The highest BCUT2D eigenvalue weighted by molar-refractivity contribution is 7.89. The van der Waals surface area contributed by atoms with Gasteiger partial charge in [-0.3, -0.25) is 4.79 Å². The molecule has 0 aliphatic carbocycles. The minimum atomic E-state index is -3.82. The molecule has 1 aliphatic heterocycles. The number of amides is 1. The Labute approximate surface area is 118 Å². The van der Waals surface area contributed by atoms with E-state index in [1.54, 1.807) is 4.90 Å². The molecule has 8 heteroatoms. The van der Waals surface area contributed by atoms with Gasteiger partial charge in [0.05, 0.1) is 0 Å². The summed E-state index contributed by atoms with van der Waals surface area (Å²) in [6, 6.07) is 2.92. The van der Waals surface area contributed by atoms with E-state index >= 15 is 0 Å². The first kappa shape index (κ1) is 14.7. The zero-order chi connectivity index (χ0) is 14.8. The maximum absolute atomic E-state index is 11.6. The Morgan fingerprint density at radius 3 is 3.00 bits per heavy atom. The molecule has 3 N–H and O–H groups in total. The van der Waals surface area contributed by atoms with E-state index in [0.29, 0.717) is 19.5 Å². The van der Waals surface area contributed by atoms with Gasteiger partial charge >= 0.3 is 0 Å². The molecule has 1 fully saturated rings. The molecule has 20 heavy (non-hydrogen) atoms. The maximum Gasteiger partial charge on any atom is 0.241 e. The number of sulfonamides is 1. The molecule has 1 unspecified atom stereocenters. The Bertz CT molecular complexity index is 602. The Morgan fingerprint density at radius 2 is 2.35 bits per heavy atom. The van der Waals surface area contributed by atoms with Crippen LogP contribution in [0.5, 0.6) is 0 Å². The lowest BCUT2D eigenvalue weighted by Gasteiger charge is -2.17. The molecule has 1 aromatic heterocycles. The van der Waals surface area contributed by atoms with Crippen LogP contribution < -0.4 is 10.5 Å². The quantitative estimate of drug-likeness (QED) is 0.823. The Kier molecular flexibility index (Phi) is 4.24. The van der Waals surface area contributed by atoms with Crippen LogP contribution in [0.1, 0.15) is 19.8 Å². The summed E-state index contributed by atoms with van der Waals surface area (Å²) in [7, 11) is -3.82. The summed E-state index contributed by atoms with van der Waals surface area (Å²) in [5.41, 5.74) is 0. The summed E-state index contributed by atoms with van der Waals surface area (Å²) in [6.45, 7) is 3.04. The number of hydrogen-bond acceptors (Lipinski definition) is 5. The van der Waals surface area contributed by atoms with Crippen LogP contribution >= 0.6 is 0 Å². The van der Waals surface area contributed by atoms with Crippen molar-refractivity contribution in [1.82, 2.24) is 9.88 Å². The summed E-state index contributed by atoms with van der Waals surface area (Å²) in [6.07, 6.45) is 2.73. The van der Waals surface area contributed by atoms with Crippen molar-refractivity contribution in [3.05, 3.63) is 18.3 Å². The molecular formula is C12H18N4O3S. The fourth-order valence-electron chi connectivity index (χ4n) is 2.25. The minimum Gasteiger partial charge on any atom is -0.364 e. The smallest absolute Gasteiger partial charge is 0.241 e. The first-order chi connectivity index (χ1) is 9.41. The van der Waals surface area contributed by atoms with E-state index < -0.39 is 10.0 Å². The van der Waals surface area contributed by atoms with Gasteiger partial charge in [0.2, 0.25) is 15.9 Å². The molecule has 1 saturated heterocycles. The second-order valence-corrected chi connectivity index (χ2v) is 6.25. The zero-order valence-corrected chi connectivity index (χ0v) is 12.1. The number of nitrogens with one attached hydrogen (secondary N) is 1. The number of pyridine rings is 1. The SMILES string of the molecule is CCC(=O)N1CCC(Nc2ncccc2S(N)(=O)=O)C1. The molecule has 0 aromatic carbocycles. The first-order valence-corrected chi connectivity index (χ1v) is 7.98. The highest BCUT2D eigenvalue weighted by Gasteiger charge is 2.26. The summed E-state index contributed by atoms with van der Waals surface area (Å²) in [5, 5.41) is 8.22. The van der Waals surface area contributed by atoms with E-state index in [9.17, 15) is 13.2 Å². The highest BCUT2D eigenvalue weighted by atomic mass is 32.2. The van der Waals surface area contributed by atoms with Gasteiger partial charge in [-0.15, -0.1) is 0 Å². The highest BCUT2D eigenvalue weighted by Crippen LogP contribution is 2.20. The summed E-state index contributed by atoms with van der Waals surface area (Å²) in [4.78, 5) is 17.4. The fraction of sp³-hybridized carbons (Fsp3) is 0.500. The van der Waals surface area contributed by atoms with Crippen molar-refractivity contribution < 1.29 is 13.2 Å². The molecule has 7 nitrogen and oxygen atoms in total. The molecule has 0 saturated carbocycles. The van der Waals surface area contributed by atoms with E-state index in [2.05, 4.69) is 10.3 Å². The van der Waals surface area contributed by atoms with Crippen LogP contribution in [-0.4, -0.2) is 43.3 Å². The van der Waals surface area contributed by atoms with E-state index in [4.69, 9.17) is 5.14 Å². The van der Waals surface area contributed by atoms with Gasteiger partial charge in [-0.05, 0) is 18.6 Å². The van der Waals surface area contributed by atoms with E-state index in [1.807, 2.05) is 6.92 Å². The van der Waals surface area contributed by atoms with E-state index in [0.717, 1.165) is 6.42 Å². The van der Waals surface area contributed by atoms with Crippen LogP contribution in [0.25, 0.3) is 0 Å². The van der Waals surface area contributed by atoms with Gasteiger partial charge in [-0.1, -0.05) is 6.92 Å². The van der Waals surface area contributed by atoms with E-state index in [1.165, 1.54) is 18.3 Å². The lowest BCUT2D eigenvalue weighted by Crippen LogP contribution is -2.31. The molecule has 0 radical (unpaired) electrons. The van der Waals surface area contributed by atoms with Crippen LogP contribution in [0.3, 0.4) is 0 Å². The average molecular weight is 298 g/mol. The molecule has 0 bridgehead atoms. The normalized spacial score (nSPS) is 19.1. The number of rotatable bonds is 4. The fourth-order valence-corrected chi connectivity index (χ4v) is 2.90. The summed E-state index contributed by atoms with van der Waals surface area (Å²) < 4.78 is 23.0. The number of nitrogens with two attached hydrogens (primary N) is 1. The number of anilines is 1. The average Bonchev–Trinajstić information content (AvgIpc) is 2.86. The van der Waals surface area contributed by atoms with Crippen LogP contribution in [0, 0.1) is 0 Å². The van der Waals surface area contributed by atoms with Crippen molar-refractivity contribution >= 4 is 21.7 Å². The van der Waals surface area contributed by atoms with Gasteiger partial charge in [-0.2, -0.15) is 0 Å². The molecule has 1 amide bonds. The number of likely N-dealkylation sites (tertiary alicyclic amines) is 1. The Morgan fingerprint density at radius 1 is 1.60 bits per heavy atom. The molecule has 110 valence electrons. The largest absolute Gasteiger partial charge is 0.364 e. The van der Waals surface area contributed by atoms with Gasteiger partial charge in [0, 0.05) is 31.7 Å². The molecule has 2 heterocycles. The van der Waals surface area contributed by atoms with Gasteiger partial charge in [0.15, 0.2) is 0 Å². The van der Waals surface area contributed by atoms with Gasteiger partial charge in [0.25, 0.3) is 0 Å². The number of carbonyl (C=O) groups excluding carboxylic acids is 1. The predicted molar refractivity (Wildman–Crippen MR) is 74.5 cm³/mol. The maximum atomic E-state index is 11.6. The Balaban J connectivity index is 2.11. The summed E-state index contributed by atoms with van der Waals surface area (Å²) in [5.74, 6) is 0.341. The number of carbonyl (C=O) groups is 1. The van der Waals surface area contributed by atoms with Crippen LogP contribution in [-0.2, 0) is 14.8 Å². The zero-order valence-electron chi connectivity index (χ0n) is 11.2. The Hall–Kier alpha value is -1.67. The number of hydrogen-bond donors (Lipinski definition) is 2. The number of nitrogens with zero attached hydrogens (tertiary/aromatic N) is 2. The lowest BCUT2D eigenvalue weighted by molar-refractivity contribution is -0.129. The molecular weight excluding hydrogens is 280 g/mol.